The summed E-state index contributed by atoms with van der Waals surface area (Å²) in [5.74, 6) is 0.609. The van der Waals surface area contributed by atoms with E-state index in [1.807, 2.05) is 48.5 Å². The van der Waals surface area contributed by atoms with Crippen LogP contribution in [-0.2, 0) is 11.3 Å². The molecule has 0 unspecified atom stereocenters. The van der Waals surface area contributed by atoms with E-state index in [2.05, 4.69) is 22.4 Å². The zero-order valence-electron chi connectivity index (χ0n) is 16.3. The van der Waals surface area contributed by atoms with Crippen molar-refractivity contribution in [3.63, 3.8) is 0 Å². The number of carbonyl (C=O) groups is 1. The average molecular weight is 381 g/mol. The first-order chi connectivity index (χ1) is 13.7. The largest absolute Gasteiger partial charge is 0.494 e. The van der Waals surface area contributed by atoms with Gasteiger partial charge in [-0.1, -0.05) is 19.1 Å². The highest BCUT2D eigenvalue weighted by molar-refractivity contribution is 5.94. The number of nitrogens with one attached hydrogen (secondary N) is 1. The van der Waals surface area contributed by atoms with E-state index in [1.165, 1.54) is 5.56 Å². The van der Waals surface area contributed by atoms with Gasteiger partial charge in [-0.2, -0.15) is 5.10 Å². The summed E-state index contributed by atoms with van der Waals surface area (Å²) in [6.45, 7) is 7.11. The van der Waals surface area contributed by atoms with E-state index in [-0.39, 0.29) is 5.91 Å². The Bertz CT molecular complexity index is 767. The van der Waals surface area contributed by atoms with Gasteiger partial charge in [-0.05, 0) is 53.9 Å². The van der Waals surface area contributed by atoms with Crippen LogP contribution in [0.3, 0.4) is 0 Å². The molecule has 148 valence electrons. The molecule has 1 saturated heterocycles. The Balaban J connectivity index is 1.48. The molecule has 0 aliphatic carbocycles. The average Bonchev–Trinajstić information content (AvgIpc) is 2.74. The molecule has 0 spiro atoms. The second-order valence-corrected chi connectivity index (χ2v) is 6.70. The van der Waals surface area contributed by atoms with Crippen LogP contribution in [0.2, 0.25) is 0 Å². The smallest absolute Gasteiger partial charge is 0.271 e. The van der Waals surface area contributed by atoms with Gasteiger partial charge in [-0.15, -0.1) is 0 Å². The molecule has 28 heavy (non-hydrogen) atoms. The summed E-state index contributed by atoms with van der Waals surface area (Å²) >= 11 is 0. The van der Waals surface area contributed by atoms with Gasteiger partial charge in [0.05, 0.1) is 26.0 Å². The van der Waals surface area contributed by atoms with Gasteiger partial charge in [0.2, 0.25) is 0 Å². The maximum absolute atomic E-state index is 12.2. The summed E-state index contributed by atoms with van der Waals surface area (Å²) in [6, 6.07) is 15.2. The normalized spacial score (nSPS) is 14.9. The summed E-state index contributed by atoms with van der Waals surface area (Å²) in [5.41, 5.74) is 5.24. The molecular formula is C22H27N3O3. The molecule has 2 aromatic rings. The third-order valence-electron chi connectivity index (χ3n) is 4.46. The van der Waals surface area contributed by atoms with Crippen LogP contribution in [0.5, 0.6) is 5.75 Å². The molecule has 0 aromatic heterocycles. The first kappa shape index (κ1) is 20.0. The highest BCUT2D eigenvalue weighted by Gasteiger charge is 2.11. The molecule has 0 radical (unpaired) electrons. The summed E-state index contributed by atoms with van der Waals surface area (Å²) in [4.78, 5) is 14.6. The van der Waals surface area contributed by atoms with Crippen molar-refractivity contribution in [1.29, 1.82) is 0 Å². The van der Waals surface area contributed by atoms with Crippen molar-refractivity contribution in [2.75, 3.05) is 32.9 Å². The van der Waals surface area contributed by atoms with Crippen molar-refractivity contribution in [2.45, 2.75) is 19.9 Å². The monoisotopic (exact) mass is 381 g/mol. The lowest BCUT2D eigenvalue weighted by Gasteiger charge is -2.26. The first-order valence-electron chi connectivity index (χ1n) is 9.70. The zero-order chi connectivity index (χ0) is 19.6. The van der Waals surface area contributed by atoms with Gasteiger partial charge in [-0.3, -0.25) is 9.69 Å². The third kappa shape index (κ3) is 6.18. The highest BCUT2D eigenvalue weighted by atomic mass is 16.5. The number of hydrazone groups is 1. The number of rotatable bonds is 8. The Labute approximate surface area is 166 Å². The number of hydrogen-bond acceptors (Lipinski definition) is 5. The molecule has 1 N–H and O–H groups in total. The van der Waals surface area contributed by atoms with Crippen LogP contribution < -0.4 is 10.2 Å². The molecule has 1 heterocycles. The number of morpholine rings is 1. The predicted octanol–water partition coefficient (Wildman–Crippen LogP) is 3.07. The lowest BCUT2D eigenvalue weighted by Crippen LogP contribution is -2.35. The lowest BCUT2D eigenvalue weighted by atomic mass is 10.1. The van der Waals surface area contributed by atoms with Gasteiger partial charge in [-0.25, -0.2) is 5.43 Å². The summed E-state index contributed by atoms with van der Waals surface area (Å²) < 4.78 is 10.9. The standard InChI is InChI=1S/C22H27N3O3/c1-2-13-28-21-9-5-18(6-10-21)16-23-24-22(26)20-7-3-19(4-8-20)17-25-11-14-27-15-12-25/h3-10,16H,2,11-15,17H2,1H3,(H,24,26)/b23-16+. The molecule has 1 fully saturated rings. The molecule has 6 heteroatoms. The van der Waals surface area contributed by atoms with E-state index in [4.69, 9.17) is 9.47 Å². The van der Waals surface area contributed by atoms with Crippen molar-refractivity contribution < 1.29 is 14.3 Å². The predicted molar refractivity (Wildman–Crippen MR) is 110 cm³/mol. The van der Waals surface area contributed by atoms with E-state index < -0.39 is 0 Å². The van der Waals surface area contributed by atoms with Crippen LogP contribution in [0, 0.1) is 0 Å². The molecule has 0 atom stereocenters. The number of benzene rings is 2. The molecule has 3 rings (SSSR count). The maximum atomic E-state index is 12.2. The summed E-state index contributed by atoms with van der Waals surface area (Å²) in [5, 5.41) is 4.04. The van der Waals surface area contributed by atoms with E-state index >= 15 is 0 Å². The highest BCUT2D eigenvalue weighted by Crippen LogP contribution is 2.12. The number of ether oxygens (including phenoxy) is 2. The van der Waals surface area contributed by atoms with Crippen molar-refractivity contribution >= 4 is 12.1 Å². The Morgan fingerprint density at radius 2 is 1.86 bits per heavy atom. The molecule has 0 bridgehead atoms. The van der Waals surface area contributed by atoms with Crippen LogP contribution >= 0.6 is 0 Å². The number of carbonyl (C=O) groups excluding carboxylic acids is 1. The fraction of sp³-hybridized carbons (Fsp3) is 0.364. The van der Waals surface area contributed by atoms with Crippen LogP contribution in [0.25, 0.3) is 0 Å². The Hall–Kier alpha value is -2.70. The molecule has 6 nitrogen and oxygen atoms in total. The van der Waals surface area contributed by atoms with Crippen LogP contribution in [-0.4, -0.2) is 49.9 Å². The van der Waals surface area contributed by atoms with Gasteiger partial charge in [0, 0.05) is 25.2 Å². The number of nitrogens with zero attached hydrogens (tertiary/aromatic N) is 2. The fourth-order valence-electron chi connectivity index (χ4n) is 2.88. The van der Waals surface area contributed by atoms with E-state index in [9.17, 15) is 4.79 Å². The molecule has 1 aliphatic heterocycles. The topological polar surface area (TPSA) is 63.2 Å². The quantitative estimate of drug-likeness (QED) is 0.564. The van der Waals surface area contributed by atoms with E-state index in [0.717, 1.165) is 50.6 Å². The van der Waals surface area contributed by atoms with E-state index in [0.29, 0.717) is 12.2 Å². The van der Waals surface area contributed by atoms with Crippen LogP contribution in [0.4, 0.5) is 0 Å². The van der Waals surface area contributed by atoms with Crippen LogP contribution in [0.15, 0.2) is 53.6 Å². The maximum Gasteiger partial charge on any atom is 0.271 e. The SMILES string of the molecule is CCCOc1ccc(/C=N/NC(=O)c2ccc(CN3CCOCC3)cc2)cc1. The zero-order valence-corrected chi connectivity index (χ0v) is 16.3. The molecule has 1 amide bonds. The van der Waals surface area contributed by atoms with Gasteiger partial charge >= 0.3 is 0 Å². The minimum absolute atomic E-state index is 0.225. The van der Waals surface area contributed by atoms with Gasteiger partial charge in [0.1, 0.15) is 5.75 Å². The van der Waals surface area contributed by atoms with Crippen molar-refractivity contribution in [2.24, 2.45) is 5.10 Å². The third-order valence-corrected chi connectivity index (χ3v) is 4.46. The second kappa shape index (κ2) is 10.6. The first-order valence-corrected chi connectivity index (χ1v) is 9.70. The Morgan fingerprint density at radius 1 is 1.14 bits per heavy atom. The van der Waals surface area contributed by atoms with Gasteiger partial charge < -0.3 is 9.47 Å². The molecular weight excluding hydrogens is 354 g/mol. The van der Waals surface area contributed by atoms with E-state index in [1.54, 1.807) is 6.21 Å². The molecule has 1 aliphatic rings. The minimum Gasteiger partial charge on any atom is -0.494 e. The fourth-order valence-corrected chi connectivity index (χ4v) is 2.88. The number of hydrogen-bond donors (Lipinski definition) is 1. The van der Waals surface area contributed by atoms with Gasteiger partial charge in [0.25, 0.3) is 5.91 Å². The summed E-state index contributed by atoms with van der Waals surface area (Å²) in [7, 11) is 0. The lowest BCUT2D eigenvalue weighted by molar-refractivity contribution is 0.0342. The van der Waals surface area contributed by atoms with Gasteiger partial charge in [0.15, 0.2) is 0 Å². The van der Waals surface area contributed by atoms with Crippen molar-refractivity contribution in [3.05, 3.63) is 65.2 Å². The minimum atomic E-state index is -0.225. The second-order valence-electron chi connectivity index (χ2n) is 6.70. The molecule has 0 saturated carbocycles. The van der Waals surface area contributed by atoms with Crippen molar-refractivity contribution in [3.8, 4) is 5.75 Å². The summed E-state index contributed by atoms with van der Waals surface area (Å²) in [6.07, 6.45) is 2.59. The Morgan fingerprint density at radius 3 is 2.54 bits per heavy atom. The van der Waals surface area contributed by atoms with Crippen molar-refractivity contribution in [1.82, 2.24) is 10.3 Å². The number of amides is 1. The Kier molecular flexibility index (Phi) is 7.58. The van der Waals surface area contributed by atoms with Crippen LogP contribution in [0.1, 0.15) is 34.8 Å². The molecule has 2 aromatic carbocycles.